The number of carbonyl (C=O) groups is 1. The number of aryl methyl sites for hydroxylation is 3. The zero-order valence-corrected chi connectivity index (χ0v) is 19.9. The van der Waals surface area contributed by atoms with Crippen LogP contribution in [0.5, 0.6) is 5.75 Å². The molecule has 174 valence electrons. The molecule has 34 heavy (non-hydrogen) atoms. The van der Waals surface area contributed by atoms with Crippen LogP contribution in [0.3, 0.4) is 0 Å². The van der Waals surface area contributed by atoms with Gasteiger partial charge in [-0.2, -0.15) is 0 Å². The van der Waals surface area contributed by atoms with E-state index < -0.39 is 0 Å². The van der Waals surface area contributed by atoms with Gasteiger partial charge in [-0.25, -0.2) is 4.98 Å². The molecule has 1 saturated heterocycles. The van der Waals surface area contributed by atoms with E-state index in [1.807, 2.05) is 29.2 Å². The molecule has 4 aromatic rings. The zero-order chi connectivity index (χ0) is 23.5. The van der Waals surface area contributed by atoms with E-state index >= 15 is 0 Å². The van der Waals surface area contributed by atoms with Gasteiger partial charge in [0, 0.05) is 32.0 Å². The van der Waals surface area contributed by atoms with Gasteiger partial charge in [-0.05, 0) is 55.2 Å². The lowest BCUT2D eigenvalue weighted by Crippen LogP contribution is -2.24. The molecule has 0 saturated carbocycles. The third kappa shape index (κ3) is 4.69. The number of benzene rings is 3. The Morgan fingerprint density at radius 2 is 1.79 bits per heavy atom. The molecular weight excluding hydrogens is 422 g/mol. The van der Waals surface area contributed by atoms with E-state index in [1.165, 1.54) is 5.56 Å². The first-order valence-electron chi connectivity index (χ1n) is 12.1. The summed E-state index contributed by atoms with van der Waals surface area (Å²) in [5, 5.41) is 0. The maximum Gasteiger partial charge on any atom is 0.223 e. The number of ether oxygens (including phenoxy) is 1. The van der Waals surface area contributed by atoms with Gasteiger partial charge in [0.15, 0.2) is 0 Å². The summed E-state index contributed by atoms with van der Waals surface area (Å²) in [6, 6.07) is 24.8. The lowest BCUT2D eigenvalue weighted by atomic mass is 10.1. The Morgan fingerprint density at radius 3 is 2.65 bits per heavy atom. The van der Waals surface area contributed by atoms with Crippen LogP contribution in [0.2, 0.25) is 0 Å². The highest BCUT2D eigenvalue weighted by Gasteiger charge is 2.33. The van der Waals surface area contributed by atoms with Crippen molar-refractivity contribution in [1.82, 2.24) is 14.5 Å². The van der Waals surface area contributed by atoms with Crippen LogP contribution in [0.25, 0.3) is 11.0 Å². The molecule has 3 aromatic carbocycles. The number of para-hydroxylation sites is 2. The van der Waals surface area contributed by atoms with Gasteiger partial charge in [-0.3, -0.25) is 4.79 Å². The number of fused-ring (bicyclic) bond motifs is 1. The fourth-order valence-electron chi connectivity index (χ4n) is 4.81. The number of carbonyl (C=O) groups excluding carboxylic acids is 1. The third-order valence-corrected chi connectivity index (χ3v) is 6.61. The van der Waals surface area contributed by atoms with Crippen molar-refractivity contribution in [2.24, 2.45) is 0 Å². The summed E-state index contributed by atoms with van der Waals surface area (Å²) in [7, 11) is 0. The van der Waals surface area contributed by atoms with Crippen molar-refractivity contribution >= 4 is 16.9 Å². The van der Waals surface area contributed by atoms with Gasteiger partial charge in [-0.1, -0.05) is 54.6 Å². The smallest absolute Gasteiger partial charge is 0.223 e. The summed E-state index contributed by atoms with van der Waals surface area (Å²) in [5.74, 6) is 2.26. The molecule has 0 radical (unpaired) electrons. The lowest BCUT2D eigenvalue weighted by molar-refractivity contribution is -0.128. The molecule has 0 spiro atoms. The number of hydrogen-bond donors (Lipinski definition) is 0. The highest BCUT2D eigenvalue weighted by Crippen LogP contribution is 2.31. The number of amides is 1. The van der Waals surface area contributed by atoms with E-state index in [0.29, 0.717) is 26.1 Å². The number of likely N-dealkylation sites (tertiary alicyclic amines) is 1. The molecule has 1 unspecified atom stereocenters. The van der Waals surface area contributed by atoms with Crippen molar-refractivity contribution in [2.75, 3.05) is 13.2 Å². The van der Waals surface area contributed by atoms with Gasteiger partial charge in [0.25, 0.3) is 0 Å². The average molecular weight is 454 g/mol. The van der Waals surface area contributed by atoms with Crippen molar-refractivity contribution in [3.63, 3.8) is 0 Å². The van der Waals surface area contributed by atoms with Crippen molar-refractivity contribution in [3.8, 4) is 5.75 Å². The first-order chi connectivity index (χ1) is 16.6. The van der Waals surface area contributed by atoms with Crippen LogP contribution in [-0.2, 0) is 17.9 Å². The normalized spacial score (nSPS) is 15.9. The highest BCUT2D eigenvalue weighted by atomic mass is 16.5. The summed E-state index contributed by atoms with van der Waals surface area (Å²) in [5.41, 5.74) is 5.63. The Bertz CT molecular complexity index is 1300. The summed E-state index contributed by atoms with van der Waals surface area (Å²) in [6.07, 6.45) is 1.38. The van der Waals surface area contributed by atoms with Crippen LogP contribution in [0.1, 0.15) is 41.3 Å². The van der Waals surface area contributed by atoms with Gasteiger partial charge in [0.05, 0.1) is 17.6 Å². The number of hydrogen-bond acceptors (Lipinski definition) is 3. The van der Waals surface area contributed by atoms with Crippen LogP contribution >= 0.6 is 0 Å². The van der Waals surface area contributed by atoms with Crippen LogP contribution in [0.4, 0.5) is 0 Å². The molecule has 1 fully saturated rings. The Balaban J connectivity index is 1.31. The van der Waals surface area contributed by atoms with E-state index in [-0.39, 0.29) is 11.8 Å². The fraction of sp³-hybridized carbons (Fsp3) is 0.310. The van der Waals surface area contributed by atoms with Crippen molar-refractivity contribution < 1.29 is 9.53 Å². The maximum atomic E-state index is 12.8. The minimum atomic E-state index is 0.101. The molecule has 1 aromatic heterocycles. The molecule has 1 aliphatic heterocycles. The van der Waals surface area contributed by atoms with Crippen LogP contribution in [0.15, 0.2) is 72.8 Å². The highest BCUT2D eigenvalue weighted by molar-refractivity contribution is 5.81. The lowest BCUT2D eigenvalue weighted by Gasteiger charge is -2.17. The standard InChI is InChI=1S/C29H31N3O2/c1-21-13-14-22(2)27(17-21)34-16-8-15-32-26-12-7-6-11-25(26)30-29(32)24-18-28(33)31(20-24)19-23-9-4-3-5-10-23/h3-7,9-14,17,24H,8,15-16,18-20H2,1-2H3. The quantitative estimate of drug-likeness (QED) is 0.325. The molecule has 5 nitrogen and oxygen atoms in total. The van der Waals surface area contributed by atoms with E-state index in [9.17, 15) is 4.79 Å². The molecule has 0 N–H and O–H groups in total. The number of nitrogens with zero attached hydrogens (tertiary/aromatic N) is 3. The number of rotatable bonds is 8. The summed E-state index contributed by atoms with van der Waals surface area (Å²) >= 11 is 0. The molecule has 0 aliphatic carbocycles. The van der Waals surface area contributed by atoms with Gasteiger partial charge in [0.1, 0.15) is 11.6 Å². The molecule has 1 aliphatic rings. The number of aromatic nitrogens is 2. The molecule has 5 rings (SSSR count). The van der Waals surface area contributed by atoms with E-state index in [1.54, 1.807) is 0 Å². The second kappa shape index (κ2) is 9.72. The molecular formula is C29H31N3O2. The molecule has 0 bridgehead atoms. The predicted molar refractivity (Wildman–Crippen MR) is 135 cm³/mol. The second-order valence-electron chi connectivity index (χ2n) is 9.24. The largest absolute Gasteiger partial charge is 0.493 e. The van der Waals surface area contributed by atoms with Gasteiger partial charge in [0.2, 0.25) is 5.91 Å². The first-order valence-corrected chi connectivity index (χ1v) is 12.1. The zero-order valence-electron chi connectivity index (χ0n) is 19.9. The van der Waals surface area contributed by atoms with Crippen molar-refractivity contribution in [3.05, 3.63) is 95.3 Å². The summed E-state index contributed by atoms with van der Waals surface area (Å²) in [6.45, 7) is 6.97. The fourth-order valence-corrected chi connectivity index (χ4v) is 4.81. The van der Waals surface area contributed by atoms with Crippen molar-refractivity contribution in [1.29, 1.82) is 0 Å². The molecule has 2 heterocycles. The van der Waals surface area contributed by atoms with Gasteiger partial charge < -0.3 is 14.2 Å². The maximum absolute atomic E-state index is 12.8. The minimum Gasteiger partial charge on any atom is -0.493 e. The average Bonchev–Trinajstić information content (AvgIpc) is 3.39. The van der Waals surface area contributed by atoms with Crippen LogP contribution in [-0.4, -0.2) is 33.5 Å². The summed E-state index contributed by atoms with van der Waals surface area (Å²) < 4.78 is 8.40. The van der Waals surface area contributed by atoms with Crippen LogP contribution in [0, 0.1) is 13.8 Å². The predicted octanol–water partition coefficient (Wildman–Crippen LogP) is 5.64. The molecule has 1 amide bonds. The van der Waals surface area contributed by atoms with Crippen LogP contribution < -0.4 is 4.74 Å². The topological polar surface area (TPSA) is 47.4 Å². The minimum absolute atomic E-state index is 0.101. The molecule has 5 heteroatoms. The Hall–Kier alpha value is -3.60. The first kappa shape index (κ1) is 22.2. The Morgan fingerprint density at radius 1 is 1.00 bits per heavy atom. The Kier molecular flexibility index (Phi) is 6.35. The van der Waals surface area contributed by atoms with Gasteiger partial charge >= 0.3 is 0 Å². The van der Waals surface area contributed by atoms with Crippen molar-refractivity contribution in [2.45, 2.75) is 45.7 Å². The number of imidazole rings is 1. The molecule has 1 atom stereocenters. The monoisotopic (exact) mass is 453 g/mol. The summed E-state index contributed by atoms with van der Waals surface area (Å²) in [4.78, 5) is 19.8. The SMILES string of the molecule is Cc1ccc(C)c(OCCCn2c(C3CC(=O)N(Cc4ccccc4)C3)nc3ccccc32)c1. The van der Waals surface area contributed by atoms with E-state index in [4.69, 9.17) is 9.72 Å². The van der Waals surface area contributed by atoms with E-state index in [2.05, 4.69) is 66.9 Å². The van der Waals surface area contributed by atoms with E-state index in [0.717, 1.165) is 46.7 Å². The Labute approximate surface area is 201 Å². The van der Waals surface area contributed by atoms with Gasteiger partial charge in [-0.15, -0.1) is 0 Å². The second-order valence-corrected chi connectivity index (χ2v) is 9.24. The third-order valence-electron chi connectivity index (χ3n) is 6.61.